The van der Waals surface area contributed by atoms with Crippen LogP contribution < -0.4 is 4.90 Å². The van der Waals surface area contributed by atoms with Crippen LogP contribution in [-0.2, 0) is 0 Å². The molecule has 0 atom stereocenters. The molecular weight excluding hydrogens is 855 g/mol. The fourth-order valence-electron chi connectivity index (χ4n) is 15.8. The molecule has 0 aromatic heterocycles. The number of allylic oxidation sites excluding steroid dienone is 2. The molecule has 0 saturated heterocycles. The molecule has 0 aliphatic heterocycles. The van der Waals surface area contributed by atoms with Crippen LogP contribution in [0.5, 0.6) is 0 Å². The molecule has 0 bridgehead atoms. The molecule has 6 aliphatic carbocycles. The van der Waals surface area contributed by atoms with Gasteiger partial charge in [0.1, 0.15) is 0 Å². The Hall–Kier alpha value is -7.48. The number of benzene rings is 11. The molecule has 2 saturated carbocycles. The van der Waals surface area contributed by atoms with Crippen LogP contribution in [0.2, 0.25) is 0 Å². The third-order valence-corrected chi connectivity index (χ3v) is 18.5. The fourth-order valence-corrected chi connectivity index (χ4v) is 15.8. The zero-order chi connectivity index (χ0) is 46.1. The van der Waals surface area contributed by atoms with E-state index < -0.39 is 0 Å². The van der Waals surface area contributed by atoms with Crippen LogP contribution in [0.15, 0.2) is 164 Å². The molecule has 2 fully saturated rings. The summed E-state index contributed by atoms with van der Waals surface area (Å²) in [4.78, 5) is 2.66. The van der Waals surface area contributed by atoms with Crippen molar-refractivity contribution in [2.24, 2.45) is 0 Å². The molecule has 1 nitrogen and oxygen atoms in total. The molecule has 6 aliphatic rings. The second kappa shape index (κ2) is 14.6. The summed E-state index contributed by atoms with van der Waals surface area (Å²) < 4.78 is 0. The van der Waals surface area contributed by atoms with E-state index in [0.29, 0.717) is 17.9 Å². The van der Waals surface area contributed by atoms with E-state index in [4.69, 9.17) is 0 Å². The SMILES string of the molecule is [CH]1C=Cc2c3ccc4c5c3c(c3cccc1c23)C=C[C]5c1c-4c(C2CCCCC2)c2c(c1C1CCC(N(c3ccccc3)c3ccccc3)CC1)-c1ccc3c4cccc5cccc(c6ccc-2c1c36)c54. The van der Waals surface area contributed by atoms with Crippen LogP contribution in [0, 0.1) is 12.3 Å². The summed E-state index contributed by atoms with van der Waals surface area (Å²) in [6.07, 6.45) is 23.1. The predicted octanol–water partition coefficient (Wildman–Crippen LogP) is 19.2. The van der Waals surface area contributed by atoms with E-state index in [1.54, 1.807) is 33.4 Å². The first kappa shape index (κ1) is 39.3. The number of fused-ring (bicyclic) bond motifs is 10. The monoisotopic (exact) mass is 905 g/mol. The van der Waals surface area contributed by atoms with Crippen molar-refractivity contribution in [1.82, 2.24) is 0 Å². The lowest BCUT2D eigenvalue weighted by Gasteiger charge is -2.40. The van der Waals surface area contributed by atoms with Gasteiger partial charge in [-0.3, -0.25) is 0 Å². The predicted molar refractivity (Wildman–Crippen MR) is 301 cm³/mol. The van der Waals surface area contributed by atoms with Crippen molar-refractivity contribution in [3.8, 4) is 33.4 Å². The number of hydrogen-bond acceptors (Lipinski definition) is 1. The van der Waals surface area contributed by atoms with E-state index >= 15 is 0 Å². The largest absolute Gasteiger partial charge is 0.338 e. The topological polar surface area (TPSA) is 3.24 Å². The minimum absolute atomic E-state index is 0.413. The van der Waals surface area contributed by atoms with E-state index in [1.807, 2.05) is 0 Å². The fraction of sp³-hybridized carbons (Fsp3) is 0.171. The number of anilines is 2. The average molecular weight is 906 g/mol. The quantitative estimate of drug-likeness (QED) is 0.123. The molecular formula is C70H51N. The first-order chi connectivity index (χ1) is 35.3. The highest BCUT2D eigenvalue weighted by Gasteiger charge is 2.45. The van der Waals surface area contributed by atoms with E-state index in [1.165, 1.54) is 153 Å². The zero-order valence-electron chi connectivity index (χ0n) is 39.9. The van der Waals surface area contributed by atoms with Gasteiger partial charge in [-0.25, -0.2) is 0 Å². The minimum Gasteiger partial charge on any atom is -0.338 e. The van der Waals surface area contributed by atoms with Crippen LogP contribution in [0.1, 0.15) is 109 Å². The van der Waals surface area contributed by atoms with Crippen LogP contribution in [0.25, 0.3) is 110 Å². The normalized spacial score (nSPS) is 18.8. The minimum atomic E-state index is 0.413. The second-order valence-corrected chi connectivity index (χ2v) is 21.8. The summed E-state index contributed by atoms with van der Waals surface area (Å²) in [5.41, 5.74) is 22.2. The molecule has 11 aromatic rings. The van der Waals surface area contributed by atoms with Gasteiger partial charge >= 0.3 is 0 Å². The highest BCUT2D eigenvalue weighted by molar-refractivity contribution is 6.37. The van der Waals surface area contributed by atoms with Crippen molar-refractivity contribution in [2.75, 3.05) is 4.90 Å². The number of hydrogen-bond donors (Lipinski definition) is 0. The van der Waals surface area contributed by atoms with Crippen molar-refractivity contribution < 1.29 is 0 Å². The highest BCUT2D eigenvalue weighted by Crippen LogP contribution is 2.66. The molecule has 2 radical (unpaired) electrons. The maximum atomic E-state index is 2.66. The summed E-state index contributed by atoms with van der Waals surface area (Å²) in [5, 5.41) is 16.9. The molecule has 1 heteroatoms. The Balaban J connectivity index is 0.955. The Kier molecular flexibility index (Phi) is 8.05. The number of para-hydroxylation sites is 2. The Morgan fingerprint density at radius 3 is 1.62 bits per heavy atom. The van der Waals surface area contributed by atoms with Gasteiger partial charge in [-0.05, 0) is 212 Å². The van der Waals surface area contributed by atoms with Crippen LogP contribution in [0.4, 0.5) is 11.4 Å². The van der Waals surface area contributed by atoms with Gasteiger partial charge in [0.15, 0.2) is 0 Å². The summed E-state index contributed by atoms with van der Waals surface area (Å²) in [7, 11) is 0. The summed E-state index contributed by atoms with van der Waals surface area (Å²) >= 11 is 0. The van der Waals surface area contributed by atoms with E-state index in [2.05, 4.69) is 187 Å². The molecule has 0 unspecified atom stereocenters. The van der Waals surface area contributed by atoms with Gasteiger partial charge in [0.05, 0.1) is 5.92 Å². The Morgan fingerprint density at radius 1 is 0.352 bits per heavy atom. The standard InChI is InChI=1S/C70H51N/c1-4-14-42(15-5-1)61-67-55-36-32-51-47-24-10-16-40-18-12-26-49(59(40)47)53-34-38-57(65(55)63(51)53)69(67)62(43-28-30-46(31-29-43)71(44-20-6-2-7-21-44)45-22-8-3-9-23-45)70-58-39-35-54-50-27-13-19-41-17-11-25-48(60(41)50)52-33-37-56(68(61)70)66(58)64(52)54/h2-3,6-13,16-27,32-39,42-43,46H,1,4-5,14-15,28-31H2. The van der Waals surface area contributed by atoms with Gasteiger partial charge in [-0.1, -0.05) is 171 Å². The van der Waals surface area contributed by atoms with Gasteiger partial charge in [-0.2, -0.15) is 0 Å². The van der Waals surface area contributed by atoms with Gasteiger partial charge in [0.25, 0.3) is 0 Å². The van der Waals surface area contributed by atoms with E-state index in [0.717, 1.165) is 25.7 Å². The lowest BCUT2D eigenvalue weighted by Crippen LogP contribution is -2.34. The highest BCUT2D eigenvalue weighted by atomic mass is 15.2. The summed E-state index contributed by atoms with van der Waals surface area (Å²) in [6.45, 7) is 0. The lowest BCUT2D eigenvalue weighted by molar-refractivity contribution is 0.391. The zero-order valence-corrected chi connectivity index (χ0v) is 39.9. The molecule has 17 rings (SSSR count). The van der Waals surface area contributed by atoms with Crippen LogP contribution in [-0.4, -0.2) is 6.04 Å². The summed E-state index contributed by atoms with van der Waals surface area (Å²) in [5.74, 6) is 2.40. The molecule has 0 heterocycles. The van der Waals surface area contributed by atoms with E-state index in [-0.39, 0.29) is 0 Å². The molecule has 71 heavy (non-hydrogen) atoms. The average Bonchev–Trinajstić information content (AvgIpc) is 3.97. The van der Waals surface area contributed by atoms with Crippen molar-refractivity contribution >= 4 is 88.2 Å². The van der Waals surface area contributed by atoms with Crippen molar-refractivity contribution in [2.45, 2.75) is 75.7 Å². The number of nitrogens with zero attached hydrogens (tertiary/aromatic N) is 1. The van der Waals surface area contributed by atoms with Crippen LogP contribution in [0.3, 0.4) is 0 Å². The summed E-state index contributed by atoms with van der Waals surface area (Å²) in [6, 6.07) is 58.9. The Labute approximate surface area is 415 Å². The van der Waals surface area contributed by atoms with Crippen molar-refractivity contribution in [3.05, 3.63) is 215 Å². The van der Waals surface area contributed by atoms with Gasteiger partial charge in [0.2, 0.25) is 0 Å². The molecule has 336 valence electrons. The van der Waals surface area contributed by atoms with E-state index in [9.17, 15) is 0 Å². The molecule has 0 N–H and O–H groups in total. The van der Waals surface area contributed by atoms with Gasteiger partial charge in [0, 0.05) is 23.8 Å². The Morgan fingerprint density at radius 2 is 0.915 bits per heavy atom. The molecule has 0 amide bonds. The Bertz CT molecular complexity index is 4090. The smallest absolute Gasteiger partial charge is 0.0580 e. The number of rotatable bonds is 5. The third kappa shape index (κ3) is 5.17. The van der Waals surface area contributed by atoms with Gasteiger partial charge < -0.3 is 4.90 Å². The molecule has 0 spiro atoms. The third-order valence-electron chi connectivity index (χ3n) is 18.5. The van der Waals surface area contributed by atoms with Crippen molar-refractivity contribution in [1.29, 1.82) is 0 Å². The van der Waals surface area contributed by atoms with Crippen molar-refractivity contribution in [3.63, 3.8) is 0 Å². The first-order valence-corrected chi connectivity index (χ1v) is 26.7. The lowest BCUT2D eigenvalue weighted by atomic mass is 9.70. The van der Waals surface area contributed by atoms with Crippen LogP contribution >= 0.6 is 0 Å². The second-order valence-electron chi connectivity index (χ2n) is 21.8. The van der Waals surface area contributed by atoms with Gasteiger partial charge in [-0.15, -0.1) is 0 Å². The first-order valence-electron chi connectivity index (χ1n) is 26.7. The molecule has 11 aromatic carbocycles. The maximum Gasteiger partial charge on any atom is 0.0580 e. The maximum absolute atomic E-state index is 2.66.